The Balaban J connectivity index is 1.24. The van der Waals surface area contributed by atoms with E-state index in [1.807, 2.05) is 4.90 Å². The Hall–Kier alpha value is -3.23. The van der Waals surface area contributed by atoms with Crippen LogP contribution in [-0.2, 0) is 16.6 Å². The topological polar surface area (TPSA) is 148 Å². The second kappa shape index (κ2) is 10.4. The van der Waals surface area contributed by atoms with E-state index in [1.54, 1.807) is 6.92 Å². The number of halogens is 1. The van der Waals surface area contributed by atoms with Crippen LogP contribution < -0.4 is 20.3 Å². The molecule has 3 N–H and O–H groups in total. The summed E-state index contributed by atoms with van der Waals surface area (Å²) in [6, 6.07) is 4.83. The SMILES string of the molecule is CC1(O)COCCN(c2nc(OC[C@@]34CCCN3C[C@H](F)C4)nc(N3CC4(CCCc5sc(N)c(C#N)c54)C3)c2C#N)C1. The summed E-state index contributed by atoms with van der Waals surface area (Å²) in [6.45, 7) is 5.66. The van der Waals surface area contributed by atoms with Gasteiger partial charge in [-0.25, -0.2) is 4.39 Å². The highest BCUT2D eigenvalue weighted by Gasteiger charge is 2.52. The smallest absolute Gasteiger partial charge is 0.320 e. The minimum absolute atomic E-state index is 0.139. The summed E-state index contributed by atoms with van der Waals surface area (Å²) in [4.78, 5) is 16.9. The number of nitriles is 2. The first-order valence-electron chi connectivity index (χ1n) is 15.1. The first-order chi connectivity index (χ1) is 20.7. The van der Waals surface area contributed by atoms with Gasteiger partial charge in [0.15, 0.2) is 11.6 Å². The van der Waals surface area contributed by atoms with E-state index in [9.17, 15) is 20.0 Å². The molecule has 4 aliphatic heterocycles. The molecule has 5 aliphatic rings. The third kappa shape index (κ3) is 4.78. The normalized spacial score (nSPS) is 29.8. The lowest BCUT2D eigenvalue weighted by Gasteiger charge is -2.53. The van der Waals surface area contributed by atoms with Crippen molar-refractivity contribution in [2.75, 3.05) is 74.6 Å². The van der Waals surface area contributed by atoms with Gasteiger partial charge in [0.05, 0.1) is 30.9 Å². The highest BCUT2D eigenvalue weighted by atomic mass is 32.1. The number of β-amino-alcohol motifs (C(OH)–C–C–N with tert-alkyl or cyclic N) is 1. The molecule has 0 bridgehead atoms. The van der Waals surface area contributed by atoms with Crippen molar-refractivity contribution in [2.45, 2.75) is 68.2 Å². The van der Waals surface area contributed by atoms with Gasteiger partial charge in [-0.1, -0.05) is 0 Å². The molecule has 4 saturated heterocycles. The van der Waals surface area contributed by atoms with Gasteiger partial charge in [0.2, 0.25) is 0 Å². The number of hydrogen-bond donors (Lipinski definition) is 2. The molecule has 1 unspecified atom stereocenters. The standard InChI is InChI=1S/C30H37FN8O3S/c1-28(40)14-37(8-9-41-17-28)25-21(12-33)26(36-27(35-25)42-18-30-6-3-7-39(30)13-19(31)10-30)38-15-29(16-38)5-2-4-22-23(29)20(11-32)24(34)43-22/h19,40H,2-10,13-18,34H2,1H3/t19-,28?,30+/m1/s1. The number of nitrogen functional groups attached to an aromatic ring is 1. The van der Waals surface area contributed by atoms with Crippen molar-refractivity contribution >= 4 is 28.0 Å². The number of alkyl halides is 1. The first kappa shape index (κ1) is 28.5. The van der Waals surface area contributed by atoms with Crippen molar-refractivity contribution in [2.24, 2.45) is 0 Å². The second-order valence-corrected chi connectivity index (χ2v) is 14.4. The van der Waals surface area contributed by atoms with Crippen LogP contribution in [0.4, 0.5) is 21.0 Å². The number of thiophene rings is 1. The molecule has 3 atom stereocenters. The van der Waals surface area contributed by atoms with Crippen molar-refractivity contribution in [3.05, 3.63) is 21.6 Å². The van der Waals surface area contributed by atoms with Gasteiger partial charge in [0.1, 0.15) is 41.1 Å². The number of nitrogens with zero attached hydrogens (tertiary/aromatic N) is 7. The molecule has 0 radical (unpaired) electrons. The summed E-state index contributed by atoms with van der Waals surface area (Å²) in [7, 11) is 0. The van der Waals surface area contributed by atoms with E-state index in [2.05, 4.69) is 21.9 Å². The Bertz CT molecular complexity index is 1510. The monoisotopic (exact) mass is 608 g/mol. The molecule has 6 heterocycles. The van der Waals surface area contributed by atoms with Crippen LogP contribution in [0.2, 0.25) is 0 Å². The zero-order valence-electron chi connectivity index (χ0n) is 24.4. The maximum absolute atomic E-state index is 14.5. The minimum atomic E-state index is -1.13. The molecule has 1 spiro atoms. The fourth-order valence-corrected chi connectivity index (χ4v) is 9.26. The molecule has 2 aromatic heterocycles. The first-order valence-corrected chi connectivity index (χ1v) is 15.9. The number of fused-ring (bicyclic) bond motifs is 3. The Morgan fingerprint density at radius 3 is 2.65 bits per heavy atom. The zero-order chi connectivity index (χ0) is 30.0. The molecular formula is C30H37FN8O3S. The second-order valence-electron chi connectivity index (χ2n) is 13.2. The van der Waals surface area contributed by atoms with Gasteiger partial charge in [0, 0.05) is 42.9 Å². The summed E-state index contributed by atoms with van der Waals surface area (Å²) in [5, 5.41) is 31.9. The minimum Gasteiger partial charge on any atom is -0.461 e. The maximum Gasteiger partial charge on any atom is 0.320 e. The summed E-state index contributed by atoms with van der Waals surface area (Å²) >= 11 is 1.51. The molecule has 228 valence electrons. The van der Waals surface area contributed by atoms with Crippen molar-refractivity contribution in [1.82, 2.24) is 14.9 Å². The molecule has 1 aliphatic carbocycles. The number of ether oxygens (including phenoxy) is 2. The average molecular weight is 609 g/mol. The highest BCUT2D eigenvalue weighted by molar-refractivity contribution is 7.16. The van der Waals surface area contributed by atoms with E-state index in [0.717, 1.165) is 44.2 Å². The molecule has 0 amide bonds. The number of aryl methyl sites for hydroxylation is 1. The lowest BCUT2D eigenvalue weighted by molar-refractivity contribution is -0.0123. The van der Waals surface area contributed by atoms with Crippen molar-refractivity contribution in [3.8, 4) is 18.1 Å². The fourth-order valence-electron chi connectivity index (χ4n) is 8.08. The Morgan fingerprint density at radius 1 is 1.12 bits per heavy atom. The van der Waals surface area contributed by atoms with Crippen molar-refractivity contribution in [1.29, 1.82) is 10.5 Å². The van der Waals surface area contributed by atoms with Crippen LogP contribution in [0.25, 0.3) is 0 Å². The third-order valence-corrected chi connectivity index (χ3v) is 11.0. The van der Waals surface area contributed by atoms with E-state index < -0.39 is 11.8 Å². The van der Waals surface area contributed by atoms with Crippen molar-refractivity contribution in [3.63, 3.8) is 0 Å². The van der Waals surface area contributed by atoms with E-state index >= 15 is 0 Å². The number of anilines is 3. The Labute approximate surface area is 254 Å². The van der Waals surface area contributed by atoms with E-state index in [4.69, 9.17) is 25.2 Å². The van der Waals surface area contributed by atoms with E-state index in [1.165, 1.54) is 16.2 Å². The van der Waals surface area contributed by atoms with Crippen molar-refractivity contribution < 1.29 is 19.0 Å². The number of nitrogens with two attached hydrogens (primary N) is 1. The van der Waals surface area contributed by atoms with Crippen LogP contribution >= 0.6 is 11.3 Å². The summed E-state index contributed by atoms with van der Waals surface area (Å²) in [5.74, 6) is 0.869. The average Bonchev–Trinajstić information content (AvgIpc) is 3.55. The molecule has 13 heteroatoms. The van der Waals surface area contributed by atoms with Gasteiger partial charge >= 0.3 is 6.01 Å². The fraction of sp³-hybridized carbons (Fsp3) is 0.667. The molecule has 0 saturated carbocycles. The summed E-state index contributed by atoms with van der Waals surface area (Å²) in [5.41, 5.74) is 6.47. The number of hydrogen-bond acceptors (Lipinski definition) is 12. The predicted molar refractivity (Wildman–Crippen MR) is 159 cm³/mol. The lowest BCUT2D eigenvalue weighted by atomic mass is 9.66. The molecule has 11 nitrogen and oxygen atoms in total. The van der Waals surface area contributed by atoms with Gasteiger partial charge in [-0.05, 0) is 51.1 Å². The predicted octanol–water partition coefficient (Wildman–Crippen LogP) is 2.50. The highest BCUT2D eigenvalue weighted by Crippen LogP contribution is 2.51. The largest absolute Gasteiger partial charge is 0.461 e. The number of rotatable bonds is 5. The van der Waals surface area contributed by atoms with Crippen LogP contribution in [0.3, 0.4) is 0 Å². The molecule has 43 heavy (non-hydrogen) atoms. The third-order valence-electron chi connectivity index (χ3n) is 9.94. The van der Waals surface area contributed by atoms with Gasteiger partial charge in [-0.15, -0.1) is 11.3 Å². The molecule has 2 aromatic rings. The van der Waals surface area contributed by atoms with Crippen LogP contribution in [-0.4, -0.2) is 96.4 Å². The van der Waals surface area contributed by atoms with E-state index in [0.29, 0.717) is 67.0 Å². The molecule has 0 aromatic carbocycles. The Kier molecular flexibility index (Phi) is 6.93. The van der Waals surface area contributed by atoms with Gasteiger partial charge in [0.25, 0.3) is 0 Å². The van der Waals surface area contributed by atoms with Gasteiger partial charge < -0.3 is 30.1 Å². The molecule has 7 rings (SSSR count). The van der Waals surface area contributed by atoms with E-state index in [-0.39, 0.29) is 36.7 Å². The molecule has 4 fully saturated rings. The molecular weight excluding hydrogens is 571 g/mol. The number of aromatic nitrogens is 2. The number of aliphatic hydroxyl groups is 1. The van der Waals surface area contributed by atoms with Crippen LogP contribution in [0.15, 0.2) is 0 Å². The summed E-state index contributed by atoms with van der Waals surface area (Å²) in [6.07, 6.45) is 4.27. The van der Waals surface area contributed by atoms with Crippen LogP contribution in [0, 0.1) is 22.7 Å². The summed E-state index contributed by atoms with van der Waals surface area (Å²) < 4.78 is 26.4. The quantitative estimate of drug-likeness (QED) is 0.516. The maximum atomic E-state index is 14.5. The van der Waals surface area contributed by atoms with Crippen LogP contribution in [0.5, 0.6) is 6.01 Å². The Morgan fingerprint density at radius 2 is 1.88 bits per heavy atom. The lowest BCUT2D eigenvalue weighted by Crippen LogP contribution is -2.61. The van der Waals surface area contributed by atoms with Crippen LogP contribution in [0.1, 0.15) is 60.6 Å². The zero-order valence-corrected chi connectivity index (χ0v) is 25.3. The van der Waals surface area contributed by atoms with Gasteiger partial charge in [-0.2, -0.15) is 20.5 Å². The van der Waals surface area contributed by atoms with Gasteiger partial charge in [-0.3, -0.25) is 4.90 Å².